The molecule has 0 aliphatic heterocycles. The van der Waals surface area contributed by atoms with Crippen LogP contribution in [-0.4, -0.2) is 6.04 Å². The van der Waals surface area contributed by atoms with Crippen LogP contribution in [0, 0.1) is 17.6 Å². The SMILES string of the molecule is NNC(Cc1cc(F)cc(F)c1)C1CCCCCC1. The van der Waals surface area contributed by atoms with Crippen LogP contribution in [0.25, 0.3) is 0 Å². The molecule has 1 aromatic rings. The van der Waals surface area contributed by atoms with E-state index in [4.69, 9.17) is 5.84 Å². The number of halogens is 2. The van der Waals surface area contributed by atoms with E-state index in [1.54, 1.807) is 0 Å². The molecule has 2 rings (SSSR count). The van der Waals surface area contributed by atoms with Gasteiger partial charge >= 0.3 is 0 Å². The van der Waals surface area contributed by atoms with E-state index in [1.165, 1.54) is 37.8 Å². The smallest absolute Gasteiger partial charge is 0.126 e. The van der Waals surface area contributed by atoms with Gasteiger partial charge in [0.05, 0.1) is 0 Å². The Balaban J connectivity index is 2.04. The summed E-state index contributed by atoms with van der Waals surface area (Å²) in [4.78, 5) is 0. The van der Waals surface area contributed by atoms with Gasteiger partial charge in [-0.05, 0) is 42.9 Å². The number of benzene rings is 1. The standard InChI is InChI=1S/C15H22F2N2/c16-13-7-11(8-14(17)10-13)9-15(19-18)12-5-3-1-2-4-6-12/h7-8,10,12,15,19H,1-6,9,18H2. The highest BCUT2D eigenvalue weighted by Gasteiger charge is 2.22. The molecular formula is C15H22F2N2. The van der Waals surface area contributed by atoms with Crippen LogP contribution in [0.4, 0.5) is 8.78 Å². The van der Waals surface area contributed by atoms with E-state index in [0.717, 1.165) is 18.9 Å². The van der Waals surface area contributed by atoms with E-state index in [-0.39, 0.29) is 6.04 Å². The van der Waals surface area contributed by atoms with Crippen molar-refractivity contribution in [1.82, 2.24) is 5.43 Å². The van der Waals surface area contributed by atoms with Gasteiger partial charge in [0, 0.05) is 12.1 Å². The van der Waals surface area contributed by atoms with Gasteiger partial charge in [-0.25, -0.2) is 8.78 Å². The molecule has 1 aromatic carbocycles. The van der Waals surface area contributed by atoms with Gasteiger partial charge in [-0.1, -0.05) is 25.7 Å². The number of hydrogen-bond donors (Lipinski definition) is 2. The molecule has 0 heterocycles. The summed E-state index contributed by atoms with van der Waals surface area (Å²) < 4.78 is 26.4. The summed E-state index contributed by atoms with van der Waals surface area (Å²) >= 11 is 0. The molecule has 106 valence electrons. The van der Waals surface area contributed by atoms with Gasteiger partial charge in [-0.3, -0.25) is 11.3 Å². The van der Waals surface area contributed by atoms with E-state index >= 15 is 0 Å². The topological polar surface area (TPSA) is 38.0 Å². The molecule has 2 nitrogen and oxygen atoms in total. The maximum Gasteiger partial charge on any atom is 0.126 e. The molecule has 1 atom stereocenters. The highest BCUT2D eigenvalue weighted by atomic mass is 19.1. The van der Waals surface area contributed by atoms with E-state index < -0.39 is 11.6 Å². The van der Waals surface area contributed by atoms with Gasteiger partial charge in [-0.15, -0.1) is 0 Å². The molecule has 0 radical (unpaired) electrons. The van der Waals surface area contributed by atoms with Crippen molar-refractivity contribution in [3.05, 3.63) is 35.4 Å². The lowest BCUT2D eigenvalue weighted by atomic mass is 9.88. The zero-order valence-electron chi connectivity index (χ0n) is 11.2. The van der Waals surface area contributed by atoms with Crippen LogP contribution >= 0.6 is 0 Å². The van der Waals surface area contributed by atoms with E-state index in [9.17, 15) is 8.78 Å². The van der Waals surface area contributed by atoms with E-state index in [1.807, 2.05) is 0 Å². The third-order valence-electron chi connectivity index (χ3n) is 4.06. The van der Waals surface area contributed by atoms with Crippen LogP contribution in [0.15, 0.2) is 18.2 Å². The summed E-state index contributed by atoms with van der Waals surface area (Å²) in [5.41, 5.74) is 3.51. The first kappa shape index (κ1) is 14.4. The average molecular weight is 268 g/mol. The number of nitrogens with two attached hydrogens (primary N) is 1. The Morgan fingerprint density at radius 1 is 1.05 bits per heavy atom. The van der Waals surface area contributed by atoms with Crippen LogP contribution in [0.3, 0.4) is 0 Å². The summed E-state index contributed by atoms with van der Waals surface area (Å²) in [6, 6.07) is 3.79. The molecule has 1 aliphatic rings. The summed E-state index contributed by atoms with van der Waals surface area (Å²) in [5, 5.41) is 0. The minimum Gasteiger partial charge on any atom is -0.271 e. The third kappa shape index (κ3) is 4.25. The van der Waals surface area contributed by atoms with Crippen molar-refractivity contribution in [1.29, 1.82) is 0 Å². The molecule has 0 amide bonds. The second kappa shape index (κ2) is 6.96. The Morgan fingerprint density at radius 3 is 2.16 bits per heavy atom. The first-order valence-corrected chi connectivity index (χ1v) is 7.10. The van der Waals surface area contributed by atoms with Gasteiger partial charge in [0.2, 0.25) is 0 Å². The Kier molecular flexibility index (Phi) is 5.28. The second-order valence-corrected chi connectivity index (χ2v) is 5.51. The minimum atomic E-state index is -0.522. The van der Waals surface area contributed by atoms with Crippen molar-refractivity contribution in [2.75, 3.05) is 0 Å². The van der Waals surface area contributed by atoms with Gasteiger partial charge in [0.25, 0.3) is 0 Å². The normalized spacial score (nSPS) is 19.1. The monoisotopic (exact) mass is 268 g/mol. The summed E-state index contributed by atoms with van der Waals surface area (Å²) in [6.07, 6.45) is 7.88. The van der Waals surface area contributed by atoms with Crippen molar-refractivity contribution >= 4 is 0 Å². The molecule has 3 N–H and O–H groups in total. The Morgan fingerprint density at radius 2 is 1.63 bits per heavy atom. The molecule has 0 bridgehead atoms. The largest absolute Gasteiger partial charge is 0.271 e. The van der Waals surface area contributed by atoms with Crippen molar-refractivity contribution < 1.29 is 8.78 Å². The first-order valence-electron chi connectivity index (χ1n) is 7.10. The maximum absolute atomic E-state index is 13.2. The van der Waals surface area contributed by atoms with Crippen molar-refractivity contribution in [2.24, 2.45) is 11.8 Å². The molecule has 19 heavy (non-hydrogen) atoms. The maximum atomic E-state index is 13.2. The number of hydrazine groups is 1. The second-order valence-electron chi connectivity index (χ2n) is 5.51. The molecule has 1 fully saturated rings. The van der Waals surface area contributed by atoms with Gasteiger partial charge < -0.3 is 0 Å². The molecule has 1 unspecified atom stereocenters. The molecule has 0 aromatic heterocycles. The fraction of sp³-hybridized carbons (Fsp3) is 0.600. The predicted molar refractivity (Wildman–Crippen MR) is 72.4 cm³/mol. The van der Waals surface area contributed by atoms with Gasteiger partial charge in [0.15, 0.2) is 0 Å². The quantitative estimate of drug-likeness (QED) is 0.499. The predicted octanol–water partition coefficient (Wildman–Crippen LogP) is 3.31. The van der Waals surface area contributed by atoms with Crippen LogP contribution in [-0.2, 0) is 6.42 Å². The van der Waals surface area contributed by atoms with Gasteiger partial charge in [0.1, 0.15) is 11.6 Å². The number of nitrogens with one attached hydrogen (secondary N) is 1. The molecule has 0 spiro atoms. The highest BCUT2D eigenvalue weighted by Crippen LogP contribution is 2.27. The lowest BCUT2D eigenvalue weighted by Crippen LogP contribution is -2.42. The van der Waals surface area contributed by atoms with Crippen LogP contribution in [0.5, 0.6) is 0 Å². The van der Waals surface area contributed by atoms with E-state index in [0.29, 0.717) is 17.9 Å². The number of rotatable bonds is 4. The average Bonchev–Trinajstić information content (AvgIpc) is 2.63. The Bertz CT molecular complexity index is 381. The highest BCUT2D eigenvalue weighted by molar-refractivity contribution is 5.19. The zero-order chi connectivity index (χ0) is 13.7. The lowest BCUT2D eigenvalue weighted by Gasteiger charge is -2.25. The molecule has 0 saturated heterocycles. The summed E-state index contributed by atoms with van der Waals surface area (Å²) in [5.74, 6) is 5.10. The van der Waals surface area contributed by atoms with E-state index in [2.05, 4.69) is 5.43 Å². The van der Waals surface area contributed by atoms with Crippen LogP contribution in [0.2, 0.25) is 0 Å². The summed E-state index contributed by atoms with van der Waals surface area (Å²) in [6.45, 7) is 0. The zero-order valence-corrected chi connectivity index (χ0v) is 11.2. The van der Waals surface area contributed by atoms with Crippen molar-refractivity contribution in [2.45, 2.75) is 51.0 Å². The fourth-order valence-electron chi connectivity index (χ4n) is 3.06. The molecule has 1 saturated carbocycles. The first-order chi connectivity index (χ1) is 9.19. The molecule has 1 aliphatic carbocycles. The van der Waals surface area contributed by atoms with Crippen molar-refractivity contribution in [3.8, 4) is 0 Å². The summed E-state index contributed by atoms with van der Waals surface area (Å²) in [7, 11) is 0. The molecule has 4 heteroatoms. The number of hydrogen-bond acceptors (Lipinski definition) is 2. The fourth-order valence-corrected chi connectivity index (χ4v) is 3.06. The van der Waals surface area contributed by atoms with Crippen LogP contribution < -0.4 is 11.3 Å². The van der Waals surface area contributed by atoms with Gasteiger partial charge in [-0.2, -0.15) is 0 Å². The minimum absolute atomic E-state index is 0.0966. The lowest BCUT2D eigenvalue weighted by molar-refractivity contribution is 0.320. The Hall–Kier alpha value is -1.00. The molecular weight excluding hydrogens is 246 g/mol. The Labute approximate surface area is 113 Å². The van der Waals surface area contributed by atoms with Crippen molar-refractivity contribution in [3.63, 3.8) is 0 Å². The van der Waals surface area contributed by atoms with Crippen LogP contribution in [0.1, 0.15) is 44.1 Å². The third-order valence-corrected chi connectivity index (χ3v) is 4.06.